The first-order valence-corrected chi connectivity index (χ1v) is 10.4. The number of aromatic nitrogens is 4. The SMILES string of the molecule is CC(=O)N(CCc1noc(C2CCC2)n1)C1CCCN(C(=O)c2cn(C)cn2)C1. The smallest absolute Gasteiger partial charge is 0.274 e. The molecule has 1 saturated heterocycles. The van der Waals surface area contributed by atoms with E-state index in [1.54, 1.807) is 28.9 Å². The van der Waals surface area contributed by atoms with E-state index in [0.717, 1.165) is 31.6 Å². The number of amides is 2. The lowest BCUT2D eigenvalue weighted by atomic mass is 9.85. The van der Waals surface area contributed by atoms with Gasteiger partial charge in [0.1, 0.15) is 5.69 Å². The number of nitrogens with zero attached hydrogens (tertiary/aromatic N) is 6. The quantitative estimate of drug-likeness (QED) is 0.733. The maximum atomic E-state index is 12.7. The molecule has 0 radical (unpaired) electrons. The third kappa shape index (κ3) is 4.33. The molecule has 29 heavy (non-hydrogen) atoms. The number of imidazole rings is 1. The van der Waals surface area contributed by atoms with E-state index >= 15 is 0 Å². The number of hydrogen-bond donors (Lipinski definition) is 0. The van der Waals surface area contributed by atoms with Crippen LogP contribution in [0, 0.1) is 0 Å². The Kier molecular flexibility index (Phi) is 5.64. The van der Waals surface area contributed by atoms with E-state index < -0.39 is 0 Å². The van der Waals surface area contributed by atoms with Crippen molar-refractivity contribution in [2.45, 2.75) is 57.4 Å². The zero-order valence-corrected chi connectivity index (χ0v) is 17.1. The summed E-state index contributed by atoms with van der Waals surface area (Å²) in [7, 11) is 1.84. The molecule has 3 heterocycles. The molecule has 1 saturated carbocycles. The summed E-state index contributed by atoms with van der Waals surface area (Å²) in [6.07, 6.45) is 9.10. The molecule has 1 atom stereocenters. The average molecular weight is 400 g/mol. The first-order chi connectivity index (χ1) is 14.0. The number of rotatable bonds is 6. The molecule has 9 heteroatoms. The molecule has 2 aromatic rings. The molecule has 2 aromatic heterocycles. The second-order valence-corrected chi connectivity index (χ2v) is 8.11. The molecule has 2 amide bonds. The van der Waals surface area contributed by atoms with E-state index in [1.165, 1.54) is 6.42 Å². The van der Waals surface area contributed by atoms with Crippen LogP contribution in [0.2, 0.25) is 0 Å². The molecule has 9 nitrogen and oxygen atoms in total. The van der Waals surface area contributed by atoms with Crippen molar-refractivity contribution in [3.8, 4) is 0 Å². The Hall–Kier alpha value is -2.71. The highest BCUT2D eigenvalue weighted by Crippen LogP contribution is 2.35. The van der Waals surface area contributed by atoms with Crippen molar-refractivity contribution in [1.82, 2.24) is 29.5 Å². The summed E-state index contributed by atoms with van der Waals surface area (Å²) in [6, 6.07) is -0.00749. The largest absolute Gasteiger partial charge is 0.340 e. The molecule has 0 spiro atoms. The molecule has 4 rings (SSSR count). The fourth-order valence-electron chi connectivity index (χ4n) is 4.09. The van der Waals surface area contributed by atoms with Gasteiger partial charge in [-0.05, 0) is 25.7 Å². The molecule has 156 valence electrons. The zero-order chi connectivity index (χ0) is 20.4. The molecule has 1 unspecified atom stereocenters. The Morgan fingerprint density at radius 2 is 2.10 bits per heavy atom. The van der Waals surface area contributed by atoms with Crippen molar-refractivity contribution in [1.29, 1.82) is 0 Å². The normalized spacial score (nSPS) is 19.8. The van der Waals surface area contributed by atoms with Crippen LogP contribution < -0.4 is 0 Å². The second kappa shape index (κ2) is 8.34. The van der Waals surface area contributed by atoms with Gasteiger partial charge in [-0.1, -0.05) is 11.6 Å². The van der Waals surface area contributed by atoms with Gasteiger partial charge < -0.3 is 18.9 Å². The lowest BCUT2D eigenvalue weighted by Gasteiger charge is -2.38. The minimum Gasteiger partial charge on any atom is -0.340 e. The second-order valence-electron chi connectivity index (χ2n) is 8.11. The van der Waals surface area contributed by atoms with Gasteiger partial charge in [-0.3, -0.25) is 9.59 Å². The predicted octanol–water partition coefficient (Wildman–Crippen LogP) is 1.77. The van der Waals surface area contributed by atoms with E-state index in [0.29, 0.717) is 43.5 Å². The van der Waals surface area contributed by atoms with Gasteiger partial charge in [-0.25, -0.2) is 4.98 Å². The highest BCUT2D eigenvalue weighted by atomic mass is 16.5. The standard InChI is InChI=1S/C20H28N6O3/c1-14(27)26(10-8-18-22-19(29-23-18)15-5-3-6-15)16-7-4-9-25(11-16)20(28)17-12-24(2)13-21-17/h12-13,15-16H,3-11H2,1-2H3. The van der Waals surface area contributed by atoms with Crippen LogP contribution in [0.5, 0.6) is 0 Å². The number of hydrogen-bond acceptors (Lipinski definition) is 6. The highest BCUT2D eigenvalue weighted by molar-refractivity contribution is 5.92. The van der Waals surface area contributed by atoms with Crippen LogP contribution >= 0.6 is 0 Å². The monoisotopic (exact) mass is 400 g/mol. The first kappa shape index (κ1) is 19.6. The summed E-state index contributed by atoms with van der Waals surface area (Å²) in [4.78, 5) is 37.4. The molecule has 0 aromatic carbocycles. The van der Waals surface area contributed by atoms with Crippen LogP contribution in [0.25, 0.3) is 0 Å². The van der Waals surface area contributed by atoms with E-state index in [1.807, 2.05) is 11.9 Å². The minimum absolute atomic E-state index is 0.00449. The Morgan fingerprint density at radius 3 is 2.76 bits per heavy atom. The molecule has 1 aliphatic heterocycles. The molecular formula is C20H28N6O3. The molecule has 0 bridgehead atoms. The van der Waals surface area contributed by atoms with Crippen molar-refractivity contribution in [3.05, 3.63) is 29.9 Å². The van der Waals surface area contributed by atoms with Crippen molar-refractivity contribution in [2.24, 2.45) is 7.05 Å². The fourth-order valence-corrected chi connectivity index (χ4v) is 4.09. The summed E-state index contributed by atoms with van der Waals surface area (Å²) < 4.78 is 7.14. The lowest BCUT2D eigenvalue weighted by molar-refractivity contribution is -0.132. The maximum Gasteiger partial charge on any atom is 0.274 e. The van der Waals surface area contributed by atoms with Gasteiger partial charge in [0.05, 0.1) is 6.33 Å². The van der Waals surface area contributed by atoms with Crippen molar-refractivity contribution >= 4 is 11.8 Å². The summed E-state index contributed by atoms with van der Waals surface area (Å²) in [5.41, 5.74) is 0.442. The number of piperidine rings is 1. The first-order valence-electron chi connectivity index (χ1n) is 10.4. The van der Waals surface area contributed by atoms with Crippen molar-refractivity contribution in [3.63, 3.8) is 0 Å². The Morgan fingerprint density at radius 1 is 1.28 bits per heavy atom. The van der Waals surface area contributed by atoms with Crippen LogP contribution in [-0.2, 0) is 18.3 Å². The third-order valence-electron chi connectivity index (χ3n) is 5.97. The van der Waals surface area contributed by atoms with E-state index in [2.05, 4.69) is 15.1 Å². The van der Waals surface area contributed by atoms with Crippen LogP contribution in [0.4, 0.5) is 0 Å². The van der Waals surface area contributed by atoms with Crippen molar-refractivity contribution in [2.75, 3.05) is 19.6 Å². The van der Waals surface area contributed by atoms with Crippen LogP contribution in [0.15, 0.2) is 17.0 Å². The van der Waals surface area contributed by atoms with Gasteiger partial charge in [-0.15, -0.1) is 0 Å². The average Bonchev–Trinajstić information content (AvgIpc) is 3.29. The molecule has 2 fully saturated rings. The van der Waals surface area contributed by atoms with Crippen LogP contribution in [0.1, 0.15) is 67.1 Å². The predicted molar refractivity (Wildman–Crippen MR) is 104 cm³/mol. The van der Waals surface area contributed by atoms with Crippen LogP contribution in [-0.4, -0.2) is 67.0 Å². The Balaban J connectivity index is 1.37. The van der Waals surface area contributed by atoms with Crippen LogP contribution in [0.3, 0.4) is 0 Å². The van der Waals surface area contributed by atoms with Gasteiger partial charge >= 0.3 is 0 Å². The van der Waals surface area contributed by atoms with Gasteiger partial charge in [0.15, 0.2) is 5.82 Å². The Labute approximate surface area is 170 Å². The van der Waals surface area contributed by atoms with Crippen molar-refractivity contribution < 1.29 is 14.1 Å². The molecule has 0 N–H and O–H groups in total. The molecular weight excluding hydrogens is 372 g/mol. The molecule has 2 aliphatic rings. The number of aryl methyl sites for hydroxylation is 1. The summed E-state index contributed by atoms with van der Waals surface area (Å²) in [6.45, 7) is 3.31. The molecule has 1 aliphatic carbocycles. The van der Waals surface area contributed by atoms with Gasteiger partial charge in [0.2, 0.25) is 11.8 Å². The highest BCUT2D eigenvalue weighted by Gasteiger charge is 2.31. The maximum absolute atomic E-state index is 12.7. The topological polar surface area (TPSA) is 97.4 Å². The van der Waals surface area contributed by atoms with Gasteiger partial charge in [0, 0.05) is 58.2 Å². The summed E-state index contributed by atoms with van der Waals surface area (Å²) in [5, 5.41) is 4.08. The summed E-state index contributed by atoms with van der Waals surface area (Å²) in [5.74, 6) is 1.71. The van der Waals surface area contributed by atoms with E-state index in [-0.39, 0.29) is 17.9 Å². The van der Waals surface area contributed by atoms with E-state index in [4.69, 9.17) is 4.52 Å². The minimum atomic E-state index is -0.0814. The Bertz CT molecular complexity index is 871. The van der Waals surface area contributed by atoms with E-state index in [9.17, 15) is 9.59 Å². The number of likely N-dealkylation sites (tertiary alicyclic amines) is 1. The van der Waals surface area contributed by atoms with Gasteiger partial charge in [-0.2, -0.15) is 4.98 Å². The number of carbonyl (C=O) groups is 2. The number of carbonyl (C=O) groups excluding carboxylic acids is 2. The fraction of sp³-hybridized carbons (Fsp3) is 0.650. The van der Waals surface area contributed by atoms with Gasteiger partial charge in [0.25, 0.3) is 5.91 Å². The third-order valence-corrected chi connectivity index (χ3v) is 5.97. The zero-order valence-electron chi connectivity index (χ0n) is 17.1. The summed E-state index contributed by atoms with van der Waals surface area (Å²) >= 11 is 0. The lowest BCUT2D eigenvalue weighted by Crippen LogP contribution is -2.51.